The number of aliphatic hydroxyl groups is 2. The highest BCUT2D eigenvalue weighted by Crippen LogP contribution is 2.38. The van der Waals surface area contributed by atoms with Crippen molar-refractivity contribution in [2.45, 2.75) is 38.8 Å². The minimum absolute atomic E-state index is 0.0568. The monoisotopic (exact) mass is 493 g/mol. The summed E-state index contributed by atoms with van der Waals surface area (Å²) in [7, 11) is 1.55. The molecule has 0 fully saturated rings. The number of hydrogen-bond acceptors (Lipinski definition) is 5. The predicted molar refractivity (Wildman–Crippen MR) is 138 cm³/mol. The Balaban J connectivity index is 2.15. The van der Waals surface area contributed by atoms with E-state index in [1.165, 1.54) is 4.57 Å². The van der Waals surface area contributed by atoms with E-state index in [1.807, 2.05) is 24.3 Å². The van der Waals surface area contributed by atoms with Crippen molar-refractivity contribution >= 4 is 22.6 Å². The Labute approximate surface area is 207 Å². The van der Waals surface area contributed by atoms with Gasteiger partial charge >= 0.3 is 5.69 Å². The molecule has 35 heavy (non-hydrogen) atoms. The van der Waals surface area contributed by atoms with Crippen molar-refractivity contribution in [3.05, 3.63) is 97.3 Å². The first-order chi connectivity index (χ1) is 16.8. The van der Waals surface area contributed by atoms with E-state index in [-0.39, 0.29) is 36.5 Å². The number of aliphatic hydroxyl groups excluding tert-OH is 2. The number of halogens is 1. The van der Waals surface area contributed by atoms with Crippen LogP contribution in [0.2, 0.25) is 5.02 Å². The number of rotatable bonds is 7. The average molecular weight is 494 g/mol. The van der Waals surface area contributed by atoms with Gasteiger partial charge in [0.2, 0.25) is 0 Å². The molecule has 0 aliphatic carbocycles. The van der Waals surface area contributed by atoms with Gasteiger partial charge in [-0.25, -0.2) is 9.78 Å². The minimum atomic E-state index is -1.18. The van der Waals surface area contributed by atoms with Gasteiger partial charge in [-0.05, 0) is 41.2 Å². The van der Waals surface area contributed by atoms with Crippen LogP contribution >= 0.6 is 11.6 Å². The van der Waals surface area contributed by atoms with Gasteiger partial charge in [0.15, 0.2) is 0 Å². The number of aromatic nitrogens is 3. The summed E-state index contributed by atoms with van der Waals surface area (Å²) in [4.78, 5) is 31.2. The smallest absolute Gasteiger partial charge is 0.332 e. The zero-order valence-electron chi connectivity index (χ0n) is 19.9. The van der Waals surface area contributed by atoms with E-state index < -0.39 is 17.4 Å². The molecule has 4 rings (SSSR count). The molecule has 1 atom stereocenters. The molecular formula is C27H28ClN3O4. The molecule has 8 heteroatoms. The standard InChI is InChI=1S/C27H28ClN3O4/c1-16(2)19-7-4-5-8-20(19)21-15-29-25-23(22(21)24(33)17-9-11-18(28)12-10-17)26(34)31(13-6-14-32)27(35)30(25)3/h4-5,7-12,15-16,24,32-33H,6,13-14H2,1-3H3. The second kappa shape index (κ2) is 10.2. The SMILES string of the molecule is CC(C)c1ccccc1-c1cnc2c(c1C(O)c1ccc(Cl)cc1)c(=O)n(CCCO)c(=O)n2C. The van der Waals surface area contributed by atoms with Crippen LogP contribution in [0.3, 0.4) is 0 Å². The number of hydrogen-bond donors (Lipinski definition) is 2. The van der Waals surface area contributed by atoms with Crippen LogP contribution in [0.4, 0.5) is 0 Å². The number of benzene rings is 2. The fourth-order valence-electron chi connectivity index (χ4n) is 4.46. The lowest BCUT2D eigenvalue weighted by molar-refractivity contribution is 0.222. The highest BCUT2D eigenvalue weighted by molar-refractivity contribution is 6.30. The topological polar surface area (TPSA) is 97.4 Å². The van der Waals surface area contributed by atoms with Crippen molar-refractivity contribution in [1.29, 1.82) is 0 Å². The molecular weight excluding hydrogens is 466 g/mol. The molecule has 182 valence electrons. The molecule has 0 saturated heterocycles. The molecule has 2 N–H and O–H groups in total. The number of nitrogens with zero attached hydrogens (tertiary/aromatic N) is 3. The van der Waals surface area contributed by atoms with Crippen molar-refractivity contribution < 1.29 is 10.2 Å². The second-order valence-electron chi connectivity index (χ2n) is 8.86. The lowest BCUT2D eigenvalue weighted by atomic mass is 9.87. The van der Waals surface area contributed by atoms with E-state index in [0.29, 0.717) is 21.7 Å². The Morgan fingerprint density at radius 3 is 2.37 bits per heavy atom. The summed E-state index contributed by atoms with van der Waals surface area (Å²) in [6, 6.07) is 14.6. The van der Waals surface area contributed by atoms with E-state index in [4.69, 9.17) is 11.6 Å². The van der Waals surface area contributed by atoms with Crippen molar-refractivity contribution in [3.8, 4) is 11.1 Å². The Morgan fingerprint density at radius 2 is 1.71 bits per heavy atom. The van der Waals surface area contributed by atoms with E-state index >= 15 is 0 Å². The quantitative estimate of drug-likeness (QED) is 0.405. The van der Waals surface area contributed by atoms with E-state index in [1.54, 1.807) is 37.5 Å². The number of pyridine rings is 1. The van der Waals surface area contributed by atoms with Gasteiger partial charge < -0.3 is 10.2 Å². The Kier molecular flexibility index (Phi) is 7.21. The minimum Gasteiger partial charge on any atom is -0.396 e. The van der Waals surface area contributed by atoms with Gasteiger partial charge in [-0.1, -0.05) is 61.8 Å². The maximum Gasteiger partial charge on any atom is 0.332 e. The van der Waals surface area contributed by atoms with Crippen molar-refractivity contribution in [3.63, 3.8) is 0 Å². The highest BCUT2D eigenvalue weighted by atomic mass is 35.5. The third-order valence-electron chi connectivity index (χ3n) is 6.27. The molecule has 2 heterocycles. The van der Waals surface area contributed by atoms with Crippen LogP contribution in [0.25, 0.3) is 22.2 Å². The lowest BCUT2D eigenvalue weighted by Crippen LogP contribution is -2.40. The summed E-state index contributed by atoms with van der Waals surface area (Å²) >= 11 is 6.07. The van der Waals surface area contributed by atoms with Crippen LogP contribution in [0.1, 0.15) is 49.0 Å². The molecule has 0 amide bonds. The first-order valence-electron chi connectivity index (χ1n) is 11.5. The Morgan fingerprint density at radius 1 is 1.03 bits per heavy atom. The third-order valence-corrected chi connectivity index (χ3v) is 6.52. The molecule has 0 aliphatic rings. The maximum atomic E-state index is 13.7. The molecule has 0 saturated carbocycles. The van der Waals surface area contributed by atoms with Crippen molar-refractivity contribution in [1.82, 2.24) is 14.1 Å². The van der Waals surface area contributed by atoms with Crippen LogP contribution in [-0.4, -0.2) is 30.9 Å². The molecule has 0 radical (unpaired) electrons. The fraction of sp³-hybridized carbons (Fsp3) is 0.296. The Bertz CT molecular complexity index is 1490. The predicted octanol–water partition coefficient (Wildman–Crippen LogP) is 4.00. The van der Waals surface area contributed by atoms with Crippen molar-refractivity contribution in [2.75, 3.05) is 6.61 Å². The van der Waals surface area contributed by atoms with Gasteiger partial charge in [-0.2, -0.15) is 0 Å². The summed E-state index contributed by atoms with van der Waals surface area (Å²) in [5, 5.41) is 21.6. The van der Waals surface area contributed by atoms with Crippen molar-refractivity contribution in [2.24, 2.45) is 7.05 Å². The maximum absolute atomic E-state index is 13.7. The van der Waals surface area contributed by atoms with Crippen LogP contribution in [0.15, 0.2) is 64.3 Å². The first-order valence-corrected chi connectivity index (χ1v) is 11.9. The first kappa shape index (κ1) is 24.9. The molecule has 1 unspecified atom stereocenters. The van der Waals surface area contributed by atoms with E-state index in [9.17, 15) is 19.8 Å². The molecule has 2 aromatic heterocycles. The molecule has 2 aromatic carbocycles. The lowest BCUT2D eigenvalue weighted by Gasteiger charge is -2.22. The largest absolute Gasteiger partial charge is 0.396 e. The van der Waals surface area contributed by atoms with Gasteiger partial charge in [0.25, 0.3) is 5.56 Å². The molecule has 4 aromatic rings. The van der Waals surface area contributed by atoms with Crippen LogP contribution in [-0.2, 0) is 13.6 Å². The van der Waals surface area contributed by atoms with Crippen LogP contribution < -0.4 is 11.2 Å². The Hall–Kier alpha value is -3.26. The summed E-state index contributed by atoms with van der Waals surface area (Å²) in [5.41, 5.74) is 2.58. The van der Waals surface area contributed by atoms with Gasteiger partial charge in [0, 0.05) is 42.5 Å². The summed E-state index contributed by atoms with van der Waals surface area (Å²) in [5.74, 6) is 0.184. The molecule has 0 bridgehead atoms. The van der Waals surface area contributed by atoms with E-state index in [0.717, 1.165) is 15.7 Å². The third kappa shape index (κ3) is 4.55. The molecule has 7 nitrogen and oxygen atoms in total. The molecule has 0 aliphatic heterocycles. The number of aryl methyl sites for hydroxylation is 1. The zero-order valence-corrected chi connectivity index (χ0v) is 20.7. The van der Waals surface area contributed by atoms with E-state index in [2.05, 4.69) is 18.8 Å². The fourth-order valence-corrected chi connectivity index (χ4v) is 4.58. The van der Waals surface area contributed by atoms with Crippen LogP contribution in [0, 0.1) is 0 Å². The average Bonchev–Trinajstić information content (AvgIpc) is 2.86. The highest BCUT2D eigenvalue weighted by Gasteiger charge is 2.26. The summed E-state index contributed by atoms with van der Waals surface area (Å²) in [6.45, 7) is 4.05. The van der Waals surface area contributed by atoms with Crippen LogP contribution in [0.5, 0.6) is 0 Å². The van der Waals surface area contributed by atoms with Gasteiger partial charge in [-0.15, -0.1) is 0 Å². The van der Waals surface area contributed by atoms with Gasteiger partial charge in [0.1, 0.15) is 11.8 Å². The zero-order chi connectivity index (χ0) is 25.3. The van der Waals surface area contributed by atoms with Gasteiger partial charge in [-0.3, -0.25) is 13.9 Å². The molecule has 0 spiro atoms. The number of fused-ring (bicyclic) bond motifs is 1. The second-order valence-corrected chi connectivity index (χ2v) is 9.29. The van der Waals surface area contributed by atoms with Gasteiger partial charge in [0.05, 0.1) is 5.39 Å². The summed E-state index contributed by atoms with van der Waals surface area (Å²) < 4.78 is 2.40. The summed E-state index contributed by atoms with van der Waals surface area (Å²) in [6.07, 6.45) is 0.693. The normalized spacial score (nSPS) is 12.4.